The second-order valence-corrected chi connectivity index (χ2v) is 2.53. The van der Waals surface area contributed by atoms with Gasteiger partial charge in [-0.25, -0.2) is 0 Å². The van der Waals surface area contributed by atoms with Crippen LogP contribution in [0.25, 0.3) is 21.3 Å². The molecule has 0 bridgehead atoms. The maximum atomic E-state index is 3.74. The first-order valence-electron chi connectivity index (χ1n) is 5.88. The molecule has 0 radical (unpaired) electrons. The van der Waals surface area contributed by atoms with Crippen molar-refractivity contribution in [1.29, 1.82) is 0 Å². The molecule has 0 aliphatic carbocycles. The van der Waals surface area contributed by atoms with Crippen LogP contribution in [0.15, 0.2) is 0 Å². The minimum atomic E-state index is 0. The van der Waals surface area contributed by atoms with Crippen LogP contribution in [0.4, 0.5) is 0 Å². The second-order valence-electron chi connectivity index (χ2n) is 2.53. The Kier molecular flexibility index (Phi) is 97.9. The molecule has 0 spiro atoms. The summed E-state index contributed by atoms with van der Waals surface area (Å²) in [6.45, 7) is 11.8. The fraction of sp³-hybridized carbons (Fsp3) is 1.00. The monoisotopic (exact) mass is 412 g/mol. The Bertz CT molecular complexity index is 42.5. The average Bonchev–Trinajstić information content (AvgIpc) is 2.39. The van der Waals surface area contributed by atoms with Gasteiger partial charge in [0.05, 0.1) is 0 Å². The molecule has 0 aliphatic rings. The van der Waals surface area contributed by atoms with Crippen molar-refractivity contribution in [3.8, 4) is 0 Å². The van der Waals surface area contributed by atoms with Gasteiger partial charge in [0.2, 0.25) is 0 Å². The van der Waals surface area contributed by atoms with Crippen molar-refractivity contribution in [3.63, 3.8) is 0 Å². The van der Waals surface area contributed by atoms with Gasteiger partial charge in [-0.1, -0.05) is 27.7 Å². The van der Waals surface area contributed by atoms with Crippen molar-refractivity contribution in [1.82, 2.24) is 0 Å². The number of hydrogen-bond acceptors (Lipinski definition) is 0. The van der Waals surface area contributed by atoms with Crippen LogP contribution >= 0.6 is 0 Å². The Hall–Kier alpha value is 0.710. The summed E-state index contributed by atoms with van der Waals surface area (Å²) in [5, 5.41) is 14.9. The van der Waals surface area contributed by atoms with Crippen LogP contribution in [0.3, 0.4) is 0 Å². The van der Waals surface area contributed by atoms with E-state index in [4.69, 9.17) is 0 Å². The molecule has 0 unspecified atom stereocenters. The van der Waals surface area contributed by atoms with E-state index in [1.807, 2.05) is 27.7 Å². The molecule has 17 heavy (non-hydrogen) atoms. The first kappa shape index (κ1) is 30.6. The number of nitrogens with zero attached hydrogens (tertiary/aromatic N) is 4. The Morgan fingerprint density at radius 1 is 0.471 bits per heavy atom. The molecule has 0 heterocycles. The third kappa shape index (κ3) is 163. The number of rotatable bonds is 4. The van der Waals surface area contributed by atoms with E-state index in [1.165, 1.54) is 0 Å². The topological polar surface area (TPSA) is 56.4 Å². The predicted octanol–water partition coefficient (Wildman–Crippen LogP) is 4.04. The summed E-state index contributed by atoms with van der Waals surface area (Å²) in [6, 6.07) is 0. The normalized spacial score (nSPS) is 7.06. The zero-order valence-corrected chi connectivity index (χ0v) is 16.7. The van der Waals surface area contributed by atoms with E-state index in [9.17, 15) is 0 Å². The first-order chi connectivity index (χ1) is 7.66. The van der Waals surface area contributed by atoms with Crippen LogP contribution in [0.5, 0.6) is 0 Å². The minimum absolute atomic E-state index is 0. The van der Waals surface area contributed by atoms with Crippen molar-refractivity contribution in [2.24, 2.45) is 0 Å². The molecule has 0 N–H and O–H groups in total. The third-order valence-corrected chi connectivity index (χ3v) is 1.26. The second kappa shape index (κ2) is 54.4. The van der Waals surface area contributed by atoms with Crippen LogP contribution in [0.1, 0.15) is 27.7 Å². The Labute approximate surface area is 129 Å². The minimum Gasteiger partial charge on any atom is -0.665 e. The fourth-order valence-electron chi connectivity index (χ4n) is 0. The molecule has 0 saturated carbocycles. The zero-order valence-electron chi connectivity index (χ0n) is 13.1. The zero-order chi connectivity index (χ0) is 13.7. The van der Waals surface area contributed by atoms with Gasteiger partial charge in [0, 0.05) is 0 Å². The summed E-state index contributed by atoms with van der Waals surface area (Å²) in [5.74, 6) is 0. The van der Waals surface area contributed by atoms with E-state index in [-0.39, 0.29) is 25.8 Å². The van der Waals surface area contributed by atoms with Crippen LogP contribution in [0.2, 0.25) is 0 Å². The maximum Gasteiger partial charge on any atom is 4.00 e. The van der Waals surface area contributed by atoms with Crippen molar-refractivity contribution in [2.75, 3.05) is 54.4 Å². The molecule has 4 nitrogen and oxygen atoms in total. The van der Waals surface area contributed by atoms with E-state index >= 15 is 0 Å². The molecular formula is C12H32HfN4. The quantitative estimate of drug-likeness (QED) is 0.628. The van der Waals surface area contributed by atoms with Crippen molar-refractivity contribution >= 4 is 0 Å². The molecule has 5 heteroatoms. The average molecular weight is 411 g/mol. The van der Waals surface area contributed by atoms with E-state index in [2.05, 4.69) is 21.3 Å². The van der Waals surface area contributed by atoms with Gasteiger partial charge >= 0.3 is 25.8 Å². The van der Waals surface area contributed by atoms with Crippen LogP contribution in [0, 0.1) is 0 Å². The molecule has 0 aliphatic heterocycles. The van der Waals surface area contributed by atoms with E-state index < -0.39 is 0 Å². The maximum absolute atomic E-state index is 3.74. The Balaban J connectivity index is -0.0000000369. The molecule has 0 fully saturated rings. The molecule has 0 aromatic heterocycles. The van der Waals surface area contributed by atoms with Gasteiger partial charge in [0.15, 0.2) is 0 Å². The van der Waals surface area contributed by atoms with Crippen LogP contribution in [-0.2, 0) is 25.8 Å². The smallest absolute Gasteiger partial charge is 0.665 e. The van der Waals surface area contributed by atoms with Crippen molar-refractivity contribution < 1.29 is 25.8 Å². The van der Waals surface area contributed by atoms with Gasteiger partial charge < -0.3 is 21.3 Å². The molecule has 0 atom stereocenters. The van der Waals surface area contributed by atoms with Gasteiger partial charge in [-0.15, -0.1) is 0 Å². The molecule has 0 aromatic carbocycles. The molecule has 0 saturated heterocycles. The van der Waals surface area contributed by atoms with Crippen LogP contribution < -0.4 is 0 Å². The fourth-order valence-corrected chi connectivity index (χ4v) is 0. The van der Waals surface area contributed by atoms with Gasteiger partial charge in [-0.3, -0.25) is 0 Å². The summed E-state index contributed by atoms with van der Waals surface area (Å²) in [5.41, 5.74) is 0. The predicted molar refractivity (Wildman–Crippen MR) is 79.3 cm³/mol. The van der Waals surface area contributed by atoms with Crippen LogP contribution in [-0.4, -0.2) is 54.4 Å². The van der Waals surface area contributed by atoms with E-state index in [0.29, 0.717) is 0 Å². The van der Waals surface area contributed by atoms with Crippen molar-refractivity contribution in [3.05, 3.63) is 21.3 Å². The number of hydrogen-bond donors (Lipinski definition) is 0. The standard InChI is InChI=1S/4C3H8N.Hf/c4*1-3-4-2;/h4*3H2,1-2H3;/q4*-1;+4. The Morgan fingerprint density at radius 3 is 0.529 bits per heavy atom. The molecule has 104 valence electrons. The largest absolute Gasteiger partial charge is 4.00 e. The van der Waals surface area contributed by atoms with Gasteiger partial charge in [0.25, 0.3) is 0 Å². The van der Waals surface area contributed by atoms with Gasteiger partial charge in [-0.05, 0) is 0 Å². The Morgan fingerprint density at radius 2 is 0.529 bits per heavy atom. The SMILES string of the molecule is CC[N-]C.CC[N-]C.CC[N-]C.CC[N-]C.[Hf+4]. The third-order valence-electron chi connectivity index (χ3n) is 1.26. The van der Waals surface area contributed by atoms with Gasteiger partial charge in [-0.2, -0.15) is 54.4 Å². The molecule has 0 amide bonds. The molecule has 0 aromatic rings. The van der Waals surface area contributed by atoms with Crippen molar-refractivity contribution in [2.45, 2.75) is 27.7 Å². The van der Waals surface area contributed by atoms with E-state index in [0.717, 1.165) is 26.2 Å². The van der Waals surface area contributed by atoms with E-state index in [1.54, 1.807) is 28.2 Å². The summed E-state index contributed by atoms with van der Waals surface area (Å²) >= 11 is 0. The first-order valence-corrected chi connectivity index (χ1v) is 5.88. The summed E-state index contributed by atoms with van der Waals surface area (Å²) in [6.07, 6.45) is 0. The summed E-state index contributed by atoms with van der Waals surface area (Å²) < 4.78 is 0. The molecular weight excluding hydrogens is 379 g/mol. The summed E-state index contributed by atoms with van der Waals surface area (Å²) in [4.78, 5) is 0. The molecule has 0 rings (SSSR count). The van der Waals surface area contributed by atoms with Gasteiger partial charge in [0.1, 0.15) is 0 Å². The summed E-state index contributed by atoms with van der Waals surface area (Å²) in [7, 11) is 7.22.